The lowest BCUT2D eigenvalue weighted by Gasteiger charge is -2.07. The van der Waals surface area contributed by atoms with Crippen LogP contribution in [0.15, 0.2) is 24.3 Å². The summed E-state index contributed by atoms with van der Waals surface area (Å²) in [6.45, 7) is 4.59. The number of nitrogens with one attached hydrogen (secondary N) is 1. The molecule has 0 aliphatic heterocycles. The molecule has 1 aromatic carbocycles. The first-order chi connectivity index (χ1) is 7.86. The largest absolute Gasteiger partial charge is 0.494 e. The van der Waals surface area contributed by atoms with Gasteiger partial charge in [0.15, 0.2) is 0 Å². The van der Waals surface area contributed by atoms with E-state index in [2.05, 4.69) is 12.2 Å². The molecule has 1 N–H and O–H groups in total. The van der Waals surface area contributed by atoms with Crippen molar-refractivity contribution in [2.24, 2.45) is 0 Å². The van der Waals surface area contributed by atoms with Crippen LogP contribution in [0.1, 0.15) is 19.8 Å². The predicted molar refractivity (Wildman–Crippen MR) is 66.3 cm³/mol. The Morgan fingerprint density at radius 2 is 1.56 bits per heavy atom. The monoisotopic (exact) mass is 223 g/mol. The topological polar surface area (TPSA) is 30.5 Å². The van der Waals surface area contributed by atoms with E-state index in [0.717, 1.165) is 44.1 Å². The Kier molecular flexibility index (Phi) is 6.42. The fourth-order valence-electron chi connectivity index (χ4n) is 1.29. The zero-order chi connectivity index (χ0) is 11.6. The summed E-state index contributed by atoms with van der Waals surface area (Å²) in [4.78, 5) is 0. The number of rotatable bonds is 8. The second-order valence-corrected chi connectivity index (χ2v) is 3.63. The molecule has 0 aliphatic rings. The van der Waals surface area contributed by atoms with Gasteiger partial charge in [-0.2, -0.15) is 0 Å². The standard InChI is InChI=1S/C13H21NO2/c1-3-10-15-12-5-7-13(8-6-12)16-11-4-9-14-2/h5-8,14H,3-4,9-11H2,1-2H3. The average molecular weight is 223 g/mol. The molecular formula is C13H21NO2. The Morgan fingerprint density at radius 3 is 2.06 bits per heavy atom. The molecule has 0 radical (unpaired) electrons. The first-order valence-electron chi connectivity index (χ1n) is 5.87. The molecule has 0 unspecified atom stereocenters. The molecule has 90 valence electrons. The Bertz CT molecular complexity index is 272. The second kappa shape index (κ2) is 7.99. The van der Waals surface area contributed by atoms with E-state index in [1.54, 1.807) is 0 Å². The minimum Gasteiger partial charge on any atom is -0.494 e. The van der Waals surface area contributed by atoms with Gasteiger partial charge in [0.1, 0.15) is 11.5 Å². The van der Waals surface area contributed by atoms with Crippen LogP contribution in [-0.4, -0.2) is 26.8 Å². The van der Waals surface area contributed by atoms with Gasteiger partial charge in [-0.05, 0) is 50.7 Å². The van der Waals surface area contributed by atoms with E-state index in [-0.39, 0.29) is 0 Å². The zero-order valence-corrected chi connectivity index (χ0v) is 10.2. The number of hydrogen-bond acceptors (Lipinski definition) is 3. The van der Waals surface area contributed by atoms with E-state index in [9.17, 15) is 0 Å². The molecule has 0 aromatic heterocycles. The fourth-order valence-corrected chi connectivity index (χ4v) is 1.29. The van der Waals surface area contributed by atoms with Gasteiger partial charge < -0.3 is 14.8 Å². The smallest absolute Gasteiger partial charge is 0.119 e. The van der Waals surface area contributed by atoms with Gasteiger partial charge in [0.2, 0.25) is 0 Å². The van der Waals surface area contributed by atoms with Crippen LogP contribution in [0.25, 0.3) is 0 Å². The van der Waals surface area contributed by atoms with Gasteiger partial charge in [-0.1, -0.05) is 6.92 Å². The first kappa shape index (κ1) is 12.8. The molecule has 0 spiro atoms. The molecule has 1 rings (SSSR count). The molecule has 0 heterocycles. The van der Waals surface area contributed by atoms with Crippen molar-refractivity contribution >= 4 is 0 Å². The molecule has 0 atom stereocenters. The number of ether oxygens (including phenoxy) is 2. The van der Waals surface area contributed by atoms with Gasteiger partial charge in [0, 0.05) is 0 Å². The number of hydrogen-bond donors (Lipinski definition) is 1. The summed E-state index contributed by atoms with van der Waals surface area (Å²) in [6.07, 6.45) is 2.05. The van der Waals surface area contributed by atoms with Crippen LogP contribution in [0.3, 0.4) is 0 Å². The third kappa shape index (κ3) is 5.03. The summed E-state index contributed by atoms with van der Waals surface area (Å²) in [5.74, 6) is 1.81. The summed E-state index contributed by atoms with van der Waals surface area (Å²) in [7, 11) is 1.94. The minimum atomic E-state index is 0.746. The van der Waals surface area contributed by atoms with E-state index >= 15 is 0 Å². The Balaban J connectivity index is 2.27. The number of benzene rings is 1. The van der Waals surface area contributed by atoms with Crippen molar-refractivity contribution in [3.8, 4) is 11.5 Å². The zero-order valence-electron chi connectivity index (χ0n) is 10.2. The van der Waals surface area contributed by atoms with Crippen molar-refractivity contribution in [2.75, 3.05) is 26.8 Å². The molecule has 3 heteroatoms. The molecule has 0 saturated heterocycles. The van der Waals surface area contributed by atoms with Gasteiger partial charge in [0.05, 0.1) is 13.2 Å². The Morgan fingerprint density at radius 1 is 1.00 bits per heavy atom. The van der Waals surface area contributed by atoms with Gasteiger partial charge in [0.25, 0.3) is 0 Å². The van der Waals surface area contributed by atoms with Crippen molar-refractivity contribution in [2.45, 2.75) is 19.8 Å². The summed E-state index contributed by atoms with van der Waals surface area (Å²) in [6, 6.07) is 7.79. The van der Waals surface area contributed by atoms with Gasteiger partial charge in [-0.25, -0.2) is 0 Å². The van der Waals surface area contributed by atoms with Gasteiger partial charge >= 0.3 is 0 Å². The highest BCUT2D eigenvalue weighted by Crippen LogP contribution is 2.17. The summed E-state index contributed by atoms with van der Waals surface area (Å²) >= 11 is 0. The molecule has 0 amide bonds. The van der Waals surface area contributed by atoms with Gasteiger partial charge in [-0.15, -0.1) is 0 Å². The quantitative estimate of drug-likeness (QED) is 0.687. The van der Waals surface area contributed by atoms with Gasteiger partial charge in [-0.3, -0.25) is 0 Å². The maximum atomic E-state index is 5.57. The minimum absolute atomic E-state index is 0.746. The maximum Gasteiger partial charge on any atom is 0.119 e. The van der Waals surface area contributed by atoms with Crippen LogP contribution < -0.4 is 14.8 Å². The summed E-state index contributed by atoms with van der Waals surface area (Å²) < 4.78 is 11.1. The van der Waals surface area contributed by atoms with Crippen molar-refractivity contribution in [3.05, 3.63) is 24.3 Å². The summed E-state index contributed by atoms with van der Waals surface area (Å²) in [5, 5.41) is 3.09. The lowest BCUT2D eigenvalue weighted by atomic mass is 10.3. The lowest BCUT2D eigenvalue weighted by molar-refractivity contribution is 0.304. The lowest BCUT2D eigenvalue weighted by Crippen LogP contribution is -2.11. The van der Waals surface area contributed by atoms with Crippen molar-refractivity contribution < 1.29 is 9.47 Å². The predicted octanol–water partition coefficient (Wildman–Crippen LogP) is 2.46. The maximum absolute atomic E-state index is 5.57. The highest BCUT2D eigenvalue weighted by atomic mass is 16.5. The third-order valence-electron chi connectivity index (χ3n) is 2.14. The van der Waals surface area contributed by atoms with E-state index in [0.29, 0.717) is 0 Å². The third-order valence-corrected chi connectivity index (χ3v) is 2.14. The van der Waals surface area contributed by atoms with Crippen LogP contribution in [0.2, 0.25) is 0 Å². The highest BCUT2D eigenvalue weighted by molar-refractivity contribution is 5.31. The van der Waals surface area contributed by atoms with Crippen LogP contribution >= 0.6 is 0 Å². The average Bonchev–Trinajstić information content (AvgIpc) is 2.33. The SMILES string of the molecule is CCCOc1ccc(OCCCNC)cc1. The Hall–Kier alpha value is -1.22. The highest BCUT2D eigenvalue weighted by Gasteiger charge is 1.95. The fraction of sp³-hybridized carbons (Fsp3) is 0.538. The molecule has 16 heavy (non-hydrogen) atoms. The summed E-state index contributed by atoms with van der Waals surface area (Å²) in [5.41, 5.74) is 0. The normalized spacial score (nSPS) is 10.1. The van der Waals surface area contributed by atoms with E-state index < -0.39 is 0 Å². The van der Waals surface area contributed by atoms with Crippen molar-refractivity contribution in [1.29, 1.82) is 0 Å². The molecule has 0 fully saturated rings. The molecule has 0 saturated carbocycles. The molecular weight excluding hydrogens is 202 g/mol. The Labute approximate surface area is 97.8 Å². The van der Waals surface area contributed by atoms with Crippen LogP contribution in [0.4, 0.5) is 0 Å². The van der Waals surface area contributed by atoms with Crippen molar-refractivity contribution in [3.63, 3.8) is 0 Å². The molecule has 0 bridgehead atoms. The molecule has 0 aliphatic carbocycles. The van der Waals surface area contributed by atoms with Crippen molar-refractivity contribution in [1.82, 2.24) is 5.32 Å². The van der Waals surface area contributed by atoms with E-state index in [1.807, 2.05) is 31.3 Å². The first-order valence-corrected chi connectivity index (χ1v) is 5.87. The van der Waals surface area contributed by atoms with Crippen LogP contribution in [-0.2, 0) is 0 Å². The molecule has 3 nitrogen and oxygen atoms in total. The second-order valence-electron chi connectivity index (χ2n) is 3.63. The van der Waals surface area contributed by atoms with Crippen LogP contribution in [0.5, 0.6) is 11.5 Å². The van der Waals surface area contributed by atoms with Crippen LogP contribution in [0, 0.1) is 0 Å². The molecule has 1 aromatic rings. The van der Waals surface area contributed by atoms with E-state index in [1.165, 1.54) is 0 Å². The van der Waals surface area contributed by atoms with E-state index in [4.69, 9.17) is 9.47 Å².